The van der Waals surface area contributed by atoms with Gasteiger partial charge < -0.3 is 20.1 Å². The molecule has 8 heteroatoms. The Hall–Kier alpha value is -1.32. The molecule has 1 aromatic rings. The van der Waals surface area contributed by atoms with Crippen molar-refractivity contribution in [3.63, 3.8) is 0 Å². The van der Waals surface area contributed by atoms with Crippen molar-refractivity contribution >= 4 is 35.8 Å². The van der Waals surface area contributed by atoms with Crippen molar-refractivity contribution in [1.29, 1.82) is 0 Å². The van der Waals surface area contributed by atoms with E-state index in [1.54, 1.807) is 0 Å². The number of hydrogen-bond acceptors (Lipinski definition) is 4. The first-order valence-corrected chi connectivity index (χ1v) is 8.47. The largest absolute Gasteiger partial charge is 0.359 e. The summed E-state index contributed by atoms with van der Waals surface area (Å²) in [6.07, 6.45) is 3.47. The van der Waals surface area contributed by atoms with Gasteiger partial charge in [-0.1, -0.05) is 12.1 Å². The maximum absolute atomic E-state index is 11.5. The van der Waals surface area contributed by atoms with E-state index in [-0.39, 0.29) is 29.9 Å². The van der Waals surface area contributed by atoms with E-state index in [0.717, 1.165) is 62.9 Å². The number of carbonyl (C=O) groups is 1. The lowest BCUT2D eigenvalue weighted by atomic mass is 10.3. The first-order valence-electron chi connectivity index (χ1n) is 8.47. The van der Waals surface area contributed by atoms with Crippen molar-refractivity contribution in [2.75, 3.05) is 26.2 Å². The number of guanidine groups is 1. The van der Waals surface area contributed by atoms with Gasteiger partial charge in [0.05, 0.1) is 5.69 Å². The van der Waals surface area contributed by atoms with E-state index >= 15 is 0 Å². The Morgan fingerprint density at radius 3 is 2.88 bits per heavy atom. The number of rotatable bonds is 8. The molecule has 24 heavy (non-hydrogen) atoms. The van der Waals surface area contributed by atoms with Gasteiger partial charge in [-0.05, 0) is 26.2 Å². The van der Waals surface area contributed by atoms with Crippen LogP contribution in [0.25, 0.3) is 0 Å². The molecule has 1 amide bonds. The second kappa shape index (κ2) is 11.3. The third kappa shape index (κ3) is 6.66. The van der Waals surface area contributed by atoms with Crippen molar-refractivity contribution in [2.45, 2.75) is 46.1 Å². The minimum absolute atomic E-state index is 0. The zero-order valence-electron chi connectivity index (χ0n) is 14.5. The van der Waals surface area contributed by atoms with E-state index in [1.807, 2.05) is 24.8 Å². The van der Waals surface area contributed by atoms with Crippen LogP contribution in [0.4, 0.5) is 0 Å². The van der Waals surface area contributed by atoms with Crippen LogP contribution in [0.15, 0.2) is 15.6 Å². The molecule has 0 atom stereocenters. The highest BCUT2D eigenvalue weighted by atomic mass is 127. The Labute approximate surface area is 160 Å². The second-order valence-corrected chi connectivity index (χ2v) is 5.60. The lowest BCUT2D eigenvalue weighted by Crippen LogP contribution is -2.39. The molecule has 0 unspecified atom stereocenters. The molecule has 1 fully saturated rings. The van der Waals surface area contributed by atoms with E-state index in [9.17, 15) is 4.79 Å². The van der Waals surface area contributed by atoms with Gasteiger partial charge in [-0.3, -0.25) is 4.79 Å². The zero-order valence-corrected chi connectivity index (χ0v) is 16.8. The first kappa shape index (κ1) is 20.7. The number of likely N-dealkylation sites (tertiary alicyclic amines) is 1. The van der Waals surface area contributed by atoms with Crippen LogP contribution in [0.2, 0.25) is 0 Å². The number of hydrogen-bond donors (Lipinski definition) is 2. The van der Waals surface area contributed by atoms with Crippen LogP contribution in [0.5, 0.6) is 0 Å². The fourth-order valence-electron chi connectivity index (χ4n) is 2.51. The summed E-state index contributed by atoms with van der Waals surface area (Å²) in [5.41, 5.74) is 0.948. The molecule has 0 spiro atoms. The standard InChI is InChI=1S/C16H27N5O2.HI/c1-3-13-11-14(23-20-13)12-19-16(17-4-2)18-8-6-10-21-9-5-7-15(21)22;/h11H,3-10,12H2,1-2H3,(H2,17,18,19);1H. The summed E-state index contributed by atoms with van der Waals surface area (Å²) >= 11 is 0. The highest BCUT2D eigenvalue weighted by molar-refractivity contribution is 14.0. The smallest absolute Gasteiger partial charge is 0.222 e. The third-order valence-electron chi connectivity index (χ3n) is 3.78. The molecule has 7 nitrogen and oxygen atoms in total. The van der Waals surface area contributed by atoms with Crippen LogP contribution in [-0.2, 0) is 17.8 Å². The van der Waals surface area contributed by atoms with Gasteiger partial charge in [0.15, 0.2) is 11.7 Å². The van der Waals surface area contributed by atoms with Crippen LogP contribution in [-0.4, -0.2) is 48.1 Å². The molecule has 1 aliphatic rings. The number of aryl methyl sites for hydroxylation is 1. The van der Waals surface area contributed by atoms with Crippen LogP contribution >= 0.6 is 24.0 Å². The van der Waals surface area contributed by atoms with E-state index in [0.29, 0.717) is 13.0 Å². The van der Waals surface area contributed by atoms with Gasteiger partial charge in [0.1, 0.15) is 6.54 Å². The summed E-state index contributed by atoms with van der Waals surface area (Å²) in [6, 6.07) is 1.94. The number of nitrogens with one attached hydrogen (secondary N) is 2. The van der Waals surface area contributed by atoms with Crippen molar-refractivity contribution < 1.29 is 9.32 Å². The van der Waals surface area contributed by atoms with E-state index in [2.05, 4.69) is 20.8 Å². The second-order valence-electron chi connectivity index (χ2n) is 5.60. The molecule has 2 N–H and O–H groups in total. The summed E-state index contributed by atoms with van der Waals surface area (Å²) in [5.74, 6) is 1.80. The quantitative estimate of drug-likeness (QED) is 0.274. The Kier molecular flexibility index (Phi) is 9.73. The van der Waals surface area contributed by atoms with E-state index in [1.165, 1.54) is 0 Å². The number of nitrogens with zero attached hydrogens (tertiary/aromatic N) is 3. The molecule has 0 saturated carbocycles. The molecule has 1 aliphatic heterocycles. The third-order valence-corrected chi connectivity index (χ3v) is 3.78. The average Bonchev–Trinajstić information content (AvgIpc) is 3.18. The Bertz CT molecular complexity index is 532. The predicted octanol–water partition coefficient (Wildman–Crippen LogP) is 1.92. The maximum atomic E-state index is 11.5. The van der Waals surface area contributed by atoms with Crippen LogP contribution in [0.1, 0.15) is 44.6 Å². The number of amides is 1. The molecule has 0 aromatic carbocycles. The van der Waals surface area contributed by atoms with E-state index < -0.39 is 0 Å². The molecule has 0 radical (unpaired) electrons. The summed E-state index contributed by atoms with van der Waals surface area (Å²) < 4.78 is 5.23. The molecule has 1 aromatic heterocycles. The number of carbonyl (C=O) groups excluding carboxylic acids is 1. The topological polar surface area (TPSA) is 82.8 Å². The predicted molar refractivity (Wildman–Crippen MR) is 105 cm³/mol. The molecule has 0 aliphatic carbocycles. The molecule has 0 bridgehead atoms. The lowest BCUT2D eigenvalue weighted by Gasteiger charge is -2.16. The van der Waals surface area contributed by atoms with Gasteiger partial charge in [0.25, 0.3) is 0 Å². The highest BCUT2D eigenvalue weighted by Crippen LogP contribution is 2.09. The van der Waals surface area contributed by atoms with Gasteiger partial charge >= 0.3 is 0 Å². The average molecular weight is 449 g/mol. The van der Waals surface area contributed by atoms with Gasteiger partial charge in [-0.25, -0.2) is 4.99 Å². The van der Waals surface area contributed by atoms with Crippen LogP contribution < -0.4 is 10.6 Å². The normalized spacial score (nSPS) is 14.7. The van der Waals surface area contributed by atoms with Crippen molar-refractivity contribution in [1.82, 2.24) is 20.7 Å². The monoisotopic (exact) mass is 449 g/mol. The minimum Gasteiger partial charge on any atom is -0.359 e. The van der Waals surface area contributed by atoms with E-state index in [4.69, 9.17) is 4.52 Å². The number of aliphatic imine (C=N–C) groups is 1. The summed E-state index contributed by atoms with van der Waals surface area (Å²) in [4.78, 5) is 18.0. The SMILES string of the molecule is CCNC(=NCc1cc(CC)no1)NCCCN1CCCC1=O.I. The molecule has 136 valence electrons. The Morgan fingerprint density at radius 2 is 2.25 bits per heavy atom. The zero-order chi connectivity index (χ0) is 16.5. The molecule has 2 rings (SSSR count). The van der Waals surface area contributed by atoms with Crippen molar-refractivity contribution in [3.05, 3.63) is 17.5 Å². The highest BCUT2D eigenvalue weighted by Gasteiger charge is 2.18. The van der Waals surface area contributed by atoms with Crippen LogP contribution in [0, 0.1) is 0 Å². The summed E-state index contributed by atoms with van der Waals surface area (Å²) in [7, 11) is 0. The van der Waals surface area contributed by atoms with Gasteiger partial charge in [0.2, 0.25) is 5.91 Å². The van der Waals surface area contributed by atoms with Gasteiger partial charge in [-0.15, -0.1) is 24.0 Å². The lowest BCUT2D eigenvalue weighted by molar-refractivity contribution is -0.127. The van der Waals surface area contributed by atoms with Crippen molar-refractivity contribution in [3.8, 4) is 0 Å². The molecular weight excluding hydrogens is 421 g/mol. The number of aromatic nitrogens is 1. The molecular formula is C16H28IN5O2. The Balaban J connectivity index is 0.00000288. The van der Waals surface area contributed by atoms with Gasteiger partial charge in [-0.2, -0.15) is 0 Å². The molecule has 1 saturated heterocycles. The fraction of sp³-hybridized carbons (Fsp3) is 0.688. The van der Waals surface area contributed by atoms with Crippen LogP contribution in [0.3, 0.4) is 0 Å². The molecule has 2 heterocycles. The summed E-state index contributed by atoms with van der Waals surface area (Å²) in [5, 5.41) is 10.5. The first-order chi connectivity index (χ1) is 11.2. The fourth-order valence-corrected chi connectivity index (χ4v) is 2.51. The van der Waals surface area contributed by atoms with Gasteiger partial charge in [0, 0.05) is 38.7 Å². The maximum Gasteiger partial charge on any atom is 0.222 e. The Morgan fingerprint density at radius 1 is 1.42 bits per heavy atom. The summed E-state index contributed by atoms with van der Waals surface area (Å²) in [6.45, 7) is 7.84. The minimum atomic E-state index is 0. The number of halogens is 1. The van der Waals surface area contributed by atoms with Crippen molar-refractivity contribution in [2.24, 2.45) is 4.99 Å².